The fourth-order valence-electron chi connectivity index (χ4n) is 1.39. The number of rotatable bonds is 5. The Balaban J connectivity index is 2.26. The molecule has 1 saturated carbocycles. The maximum Gasteiger partial charge on any atom is 0.226 e. The molecule has 0 aromatic heterocycles. The number of alkyl halides is 1. The smallest absolute Gasteiger partial charge is 0.226 e. The van der Waals surface area contributed by atoms with Crippen LogP contribution >= 0.6 is 11.6 Å². The molecule has 1 fully saturated rings. The molecule has 14 heavy (non-hydrogen) atoms. The molecule has 1 unspecified atom stereocenters. The summed E-state index contributed by atoms with van der Waals surface area (Å²) < 4.78 is 0. The molecule has 1 N–H and O–H groups in total. The van der Waals surface area contributed by atoms with Gasteiger partial charge in [0.25, 0.3) is 0 Å². The third-order valence-corrected chi connectivity index (χ3v) is 3.63. The van der Waals surface area contributed by atoms with Gasteiger partial charge in [-0.15, -0.1) is 11.6 Å². The molecule has 1 aliphatic carbocycles. The van der Waals surface area contributed by atoms with Crippen LogP contribution in [0.25, 0.3) is 0 Å². The number of amides is 1. The highest BCUT2D eigenvalue weighted by molar-refractivity contribution is 6.19. The number of hydrogen-bond donors (Lipinski definition) is 1. The van der Waals surface area contributed by atoms with Crippen molar-refractivity contribution in [3.8, 4) is 0 Å². The van der Waals surface area contributed by atoms with E-state index in [1.54, 1.807) is 0 Å². The fourth-order valence-corrected chi connectivity index (χ4v) is 1.51. The van der Waals surface area contributed by atoms with Gasteiger partial charge in [-0.2, -0.15) is 0 Å². The normalized spacial score (nSPS) is 19.1. The van der Waals surface area contributed by atoms with Gasteiger partial charge in [0.1, 0.15) is 0 Å². The second-order valence-electron chi connectivity index (χ2n) is 5.04. The van der Waals surface area contributed by atoms with Crippen LogP contribution < -0.4 is 5.32 Å². The van der Waals surface area contributed by atoms with Crippen LogP contribution in [0.4, 0.5) is 0 Å². The van der Waals surface area contributed by atoms with Crippen molar-refractivity contribution in [2.45, 2.75) is 33.6 Å². The highest BCUT2D eigenvalue weighted by Crippen LogP contribution is 2.36. The molecule has 3 heteroatoms. The monoisotopic (exact) mass is 217 g/mol. The van der Waals surface area contributed by atoms with Gasteiger partial charge in [0, 0.05) is 12.4 Å². The average Bonchev–Trinajstić information content (AvgIpc) is 2.96. The van der Waals surface area contributed by atoms with Crippen LogP contribution in [0, 0.1) is 17.3 Å². The van der Waals surface area contributed by atoms with Crippen LogP contribution in [0.1, 0.15) is 33.6 Å². The molecule has 0 radical (unpaired) electrons. The van der Waals surface area contributed by atoms with Crippen molar-refractivity contribution < 1.29 is 4.79 Å². The van der Waals surface area contributed by atoms with Gasteiger partial charge in [-0.25, -0.2) is 0 Å². The van der Waals surface area contributed by atoms with Gasteiger partial charge in [-0.05, 0) is 38.5 Å². The summed E-state index contributed by atoms with van der Waals surface area (Å²) in [5.74, 6) is 1.90. The Kier molecular flexibility index (Phi) is 3.82. The van der Waals surface area contributed by atoms with E-state index >= 15 is 0 Å². The Hall–Kier alpha value is -0.240. The molecular formula is C11H20ClNO. The Morgan fingerprint density at radius 1 is 1.57 bits per heavy atom. The Morgan fingerprint density at radius 3 is 2.57 bits per heavy atom. The van der Waals surface area contributed by atoms with E-state index in [2.05, 4.69) is 12.2 Å². The van der Waals surface area contributed by atoms with Crippen molar-refractivity contribution in [2.75, 3.05) is 12.4 Å². The third-order valence-electron chi connectivity index (χ3n) is 2.96. The predicted molar refractivity (Wildman–Crippen MR) is 59.4 cm³/mol. The van der Waals surface area contributed by atoms with E-state index in [0.29, 0.717) is 11.8 Å². The minimum Gasteiger partial charge on any atom is -0.355 e. The summed E-state index contributed by atoms with van der Waals surface area (Å²) >= 11 is 5.72. The number of carbonyl (C=O) groups is 1. The number of nitrogens with one attached hydrogen (secondary N) is 1. The molecule has 0 aromatic rings. The molecule has 0 aliphatic heterocycles. The SMILES string of the molecule is CC(CNC(=O)C(C)(C)CCl)C1CC1. The summed E-state index contributed by atoms with van der Waals surface area (Å²) in [7, 11) is 0. The lowest BCUT2D eigenvalue weighted by Gasteiger charge is -2.21. The minimum atomic E-state index is -0.440. The molecule has 0 aromatic carbocycles. The second-order valence-corrected chi connectivity index (χ2v) is 5.31. The van der Waals surface area contributed by atoms with Crippen molar-refractivity contribution in [1.29, 1.82) is 0 Å². The maximum absolute atomic E-state index is 11.6. The van der Waals surface area contributed by atoms with Crippen LogP contribution in [0.5, 0.6) is 0 Å². The van der Waals surface area contributed by atoms with Gasteiger partial charge in [-0.1, -0.05) is 6.92 Å². The van der Waals surface area contributed by atoms with E-state index in [1.807, 2.05) is 13.8 Å². The Labute approximate surface area is 91.4 Å². The van der Waals surface area contributed by atoms with Crippen LogP contribution in [0.2, 0.25) is 0 Å². The predicted octanol–water partition coefficient (Wildman–Crippen LogP) is 2.41. The van der Waals surface area contributed by atoms with Crippen molar-refractivity contribution in [2.24, 2.45) is 17.3 Å². The zero-order chi connectivity index (χ0) is 10.8. The number of halogens is 1. The zero-order valence-corrected chi connectivity index (χ0v) is 10.0. The first-order valence-corrected chi connectivity index (χ1v) is 5.85. The Morgan fingerprint density at radius 2 is 2.14 bits per heavy atom. The van der Waals surface area contributed by atoms with Gasteiger partial charge in [-0.3, -0.25) is 4.79 Å². The topological polar surface area (TPSA) is 29.1 Å². The van der Waals surface area contributed by atoms with Gasteiger partial charge in [0.15, 0.2) is 0 Å². The van der Waals surface area contributed by atoms with Crippen molar-refractivity contribution in [3.63, 3.8) is 0 Å². The lowest BCUT2D eigenvalue weighted by Crippen LogP contribution is -2.40. The fraction of sp³-hybridized carbons (Fsp3) is 0.909. The molecular weight excluding hydrogens is 198 g/mol. The van der Waals surface area contributed by atoms with Crippen molar-refractivity contribution in [3.05, 3.63) is 0 Å². The van der Waals surface area contributed by atoms with E-state index in [-0.39, 0.29) is 5.91 Å². The molecule has 1 rings (SSSR count). The van der Waals surface area contributed by atoms with Crippen LogP contribution in [0.15, 0.2) is 0 Å². The first-order chi connectivity index (χ1) is 6.47. The van der Waals surface area contributed by atoms with E-state index in [9.17, 15) is 4.79 Å². The summed E-state index contributed by atoms with van der Waals surface area (Å²) in [5, 5.41) is 2.97. The molecule has 2 nitrogen and oxygen atoms in total. The van der Waals surface area contributed by atoms with Crippen LogP contribution in [-0.4, -0.2) is 18.3 Å². The molecule has 1 aliphatic rings. The van der Waals surface area contributed by atoms with E-state index in [1.165, 1.54) is 12.8 Å². The highest BCUT2D eigenvalue weighted by Gasteiger charge is 2.30. The average molecular weight is 218 g/mol. The van der Waals surface area contributed by atoms with Crippen LogP contribution in [-0.2, 0) is 4.79 Å². The summed E-state index contributed by atoms with van der Waals surface area (Å²) in [4.78, 5) is 11.6. The molecule has 0 heterocycles. The summed E-state index contributed by atoms with van der Waals surface area (Å²) in [6.07, 6.45) is 2.66. The van der Waals surface area contributed by atoms with Crippen molar-refractivity contribution in [1.82, 2.24) is 5.32 Å². The zero-order valence-electron chi connectivity index (χ0n) is 9.27. The van der Waals surface area contributed by atoms with E-state index in [4.69, 9.17) is 11.6 Å². The highest BCUT2D eigenvalue weighted by atomic mass is 35.5. The first kappa shape index (κ1) is 11.8. The standard InChI is InChI=1S/C11H20ClNO/c1-8(9-4-5-9)6-13-10(14)11(2,3)7-12/h8-9H,4-7H2,1-3H3,(H,13,14). The lowest BCUT2D eigenvalue weighted by molar-refractivity contribution is -0.128. The van der Waals surface area contributed by atoms with Gasteiger partial charge >= 0.3 is 0 Å². The summed E-state index contributed by atoms with van der Waals surface area (Å²) in [5.41, 5.74) is -0.440. The van der Waals surface area contributed by atoms with Gasteiger partial charge in [0.05, 0.1) is 5.41 Å². The molecule has 1 atom stereocenters. The molecule has 0 spiro atoms. The van der Waals surface area contributed by atoms with Gasteiger partial charge in [0.2, 0.25) is 5.91 Å². The van der Waals surface area contributed by atoms with E-state index < -0.39 is 5.41 Å². The maximum atomic E-state index is 11.6. The van der Waals surface area contributed by atoms with Gasteiger partial charge < -0.3 is 5.32 Å². The number of carbonyl (C=O) groups excluding carboxylic acids is 1. The molecule has 1 amide bonds. The lowest BCUT2D eigenvalue weighted by atomic mass is 9.95. The molecule has 0 saturated heterocycles. The molecule has 0 bridgehead atoms. The second kappa shape index (κ2) is 4.52. The van der Waals surface area contributed by atoms with Crippen LogP contribution in [0.3, 0.4) is 0 Å². The Bertz CT molecular complexity index is 211. The number of hydrogen-bond acceptors (Lipinski definition) is 1. The summed E-state index contributed by atoms with van der Waals surface area (Å²) in [6, 6.07) is 0. The third kappa shape index (κ3) is 3.16. The quantitative estimate of drug-likeness (QED) is 0.705. The molecule has 82 valence electrons. The van der Waals surface area contributed by atoms with E-state index in [0.717, 1.165) is 12.5 Å². The summed E-state index contributed by atoms with van der Waals surface area (Å²) in [6.45, 7) is 6.74. The first-order valence-electron chi connectivity index (χ1n) is 5.31. The minimum absolute atomic E-state index is 0.0694. The van der Waals surface area contributed by atoms with Crippen molar-refractivity contribution >= 4 is 17.5 Å². The largest absolute Gasteiger partial charge is 0.355 e.